The molecule has 3 amide bonds. The van der Waals surface area contributed by atoms with Crippen molar-refractivity contribution in [3.63, 3.8) is 0 Å². The fraction of sp³-hybridized carbons (Fsp3) is 0.658. The molecule has 3 fully saturated rings. The first-order valence-corrected chi connectivity index (χ1v) is 18.2. The number of halogens is 2. The van der Waals surface area contributed by atoms with E-state index >= 15 is 4.39 Å². The summed E-state index contributed by atoms with van der Waals surface area (Å²) >= 11 is 0. The van der Waals surface area contributed by atoms with Gasteiger partial charge >= 0.3 is 18.3 Å². The Balaban J connectivity index is 1.26. The van der Waals surface area contributed by atoms with Gasteiger partial charge in [0, 0.05) is 56.0 Å². The summed E-state index contributed by atoms with van der Waals surface area (Å²) in [7, 11) is 0. The van der Waals surface area contributed by atoms with Crippen LogP contribution < -0.4 is 4.74 Å². The largest absolute Gasteiger partial charge is 0.484 e. The normalized spacial score (nSPS) is 19.9. The molecule has 2 aromatic rings. The summed E-state index contributed by atoms with van der Waals surface area (Å²) in [4.78, 5) is 57.2. The first-order valence-electron chi connectivity index (χ1n) is 18.2. The number of rotatable bonds is 7. The molecular formula is C38H53F2N5O8. The summed E-state index contributed by atoms with van der Waals surface area (Å²) < 4.78 is 53.4. The molecule has 0 radical (unpaired) electrons. The third-order valence-corrected chi connectivity index (χ3v) is 9.38. The molecule has 1 saturated carbocycles. The lowest BCUT2D eigenvalue weighted by atomic mass is 9.78. The second kappa shape index (κ2) is 14.8. The van der Waals surface area contributed by atoms with Crippen molar-refractivity contribution in [2.24, 2.45) is 5.41 Å². The van der Waals surface area contributed by atoms with E-state index in [0.29, 0.717) is 57.2 Å². The van der Waals surface area contributed by atoms with E-state index < -0.39 is 52.6 Å². The number of likely N-dealkylation sites (tertiary alicyclic amines) is 2. The summed E-state index contributed by atoms with van der Waals surface area (Å²) in [6, 6.07) is 2.82. The summed E-state index contributed by atoms with van der Waals surface area (Å²) in [5, 5.41) is 4.16. The van der Waals surface area contributed by atoms with Gasteiger partial charge in [0.05, 0.1) is 0 Å². The van der Waals surface area contributed by atoms with Crippen LogP contribution in [0, 0.1) is 17.0 Å². The van der Waals surface area contributed by atoms with Gasteiger partial charge in [-0.1, -0.05) is 0 Å². The summed E-state index contributed by atoms with van der Waals surface area (Å²) in [6.07, 6.45) is 2.22. The average molecular weight is 746 g/mol. The Hall–Kier alpha value is -4.43. The molecule has 2 saturated heterocycles. The molecule has 1 aromatic heterocycles. The average Bonchev–Trinajstić information content (AvgIpc) is 3.44. The van der Waals surface area contributed by atoms with Crippen molar-refractivity contribution in [2.75, 3.05) is 32.7 Å². The number of ether oxygens (including phenoxy) is 4. The molecule has 3 heterocycles. The van der Waals surface area contributed by atoms with Gasteiger partial charge in [-0.25, -0.2) is 23.2 Å². The van der Waals surface area contributed by atoms with Gasteiger partial charge in [0.15, 0.2) is 11.6 Å². The Morgan fingerprint density at radius 1 is 0.849 bits per heavy atom. The predicted molar refractivity (Wildman–Crippen MR) is 189 cm³/mol. The molecule has 2 atom stereocenters. The molecule has 1 aromatic carbocycles. The van der Waals surface area contributed by atoms with E-state index in [4.69, 9.17) is 18.9 Å². The molecule has 0 N–H and O–H groups in total. The van der Waals surface area contributed by atoms with Gasteiger partial charge in [-0.15, -0.1) is 0 Å². The van der Waals surface area contributed by atoms with Gasteiger partial charge in [-0.2, -0.15) is 9.78 Å². The van der Waals surface area contributed by atoms with Crippen LogP contribution in [-0.4, -0.2) is 104 Å². The lowest BCUT2D eigenvalue weighted by molar-refractivity contribution is -0.134. The van der Waals surface area contributed by atoms with Crippen LogP contribution in [0.25, 0.3) is 0 Å². The Bertz CT molecular complexity index is 1700. The van der Waals surface area contributed by atoms with E-state index in [1.54, 1.807) is 51.3 Å². The number of aromatic nitrogens is 2. The fourth-order valence-electron chi connectivity index (χ4n) is 6.80. The lowest BCUT2D eigenvalue weighted by Crippen LogP contribution is -2.50. The fourth-order valence-corrected chi connectivity index (χ4v) is 6.80. The highest BCUT2D eigenvalue weighted by Crippen LogP contribution is 2.49. The number of carbonyl (C=O) groups excluding carboxylic acids is 4. The zero-order valence-electron chi connectivity index (χ0n) is 32.3. The molecule has 0 bridgehead atoms. The van der Waals surface area contributed by atoms with Crippen molar-refractivity contribution in [2.45, 2.75) is 123 Å². The van der Waals surface area contributed by atoms with Crippen molar-refractivity contribution in [1.29, 1.82) is 0 Å². The Morgan fingerprint density at radius 3 is 2.04 bits per heavy atom. The van der Waals surface area contributed by atoms with Crippen LogP contribution >= 0.6 is 0 Å². The highest BCUT2D eigenvalue weighted by Gasteiger charge is 2.50. The minimum Gasteiger partial charge on any atom is -0.484 e. The number of hydrogen-bond acceptors (Lipinski definition) is 9. The van der Waals surface area contributed by atoms with Crippen molar-refractivity contribution in [3.8, 4) is 5.75 Å². The monoisotopic (exact) mass is 745 g/mol. The molecule has 0 unspecified atom stereocenters. The SMILES string of the molecule is CC(C)(C)OC(=O)N1CCC2(CCN(C(=O)CN(C(=O)OC(C)(C)C)[C@@H]3C[C@H]3c3cc(F)cc(F)c3OCc3ccn(C(=O)OC(C)(C)C)n3)CC2)C1. The molecule has 1 aliphatic carbocycles. The molecule has 1 spiro atoms. The standard InChI is InChI=1S/C38H53F2N5O8/c1-35(2,3)51-32(47)43-17-13-38(23-43)11-15-42(16-12-38)30(46)21-44(33(48)52-36(4,5)6)29-20-26(29)27-18-24(39)19-28(40)31(27)50-22-25-10-14-45(41-25)34(49)53-37(7,8)9/h10,14,18-19,26,29H,11-13,15-17,20-23H2,1-9H3/t26-,29+/m0/s1. The maximum Gasteiger partial charge on any atom is 0.435 e. The molecule has 2 aliphatic heterocycles. The topological polar surface area (TPSA) is 133 Å². The van der Waals surface area contributed by atoms with E-state index in [2.05, 4.69) is 5.10 Å². The van der Waals surface area contributed by atoms with Crippen LogP contribution in [0.15, 0.2) is 24.4 Å². The number of hydrogen-bond donors (Lipinski definition) is 0. The first-order chi connectivity index (χ1) is 24.5. The van der Waals surface area contributed by atoms with Crippen LogP contribution in [0.1, 0.15) is 105 Å². The molecule has 5 rings (SSSR count). The smallest absolute Gasteiger partial charge is 0.435 e. The Morgan fingerprint density at radius 2 is 1.43 bits per heavy atom. The van der Waals surface area contributed by atoms with Crippen molar-refractivity contribution < 1.29 is 46.9 Å². The zero-order chi connectivity index (χ0) is 39.1. The van der Waals surface area contributed by atoms with E-state index in [-0.39, 0.29) is 41.9 Å². The van der Waals surface area contributed by atoms with E-state index in [1.165, 1.54) is 23.2 Å². The number of carbonyl (C=O) groups is 4. The van der Waals surface area contributed by atoms with Crippen molar-refractivity contribution in [1.82, 2.24) is 24.5 Å². The second-order valence-corrected chi connectivity index (χ2v) is 17.4. The Labute approximate surface area is 309 Å². The number of amides is 3. The van der Waals surface area contributed by atoms with Crippen LogP contribution in [0.4, 0.5) is 23.2 Å². The van der Waals surface area contributed by atoms with Crippen molar-refractivity contribution in [3.05, 3.63) is 47.3 Å². The highest BCUT2D eigenvalue weighted by molar-refractivity contribution is 5.83. The third kappa shape index (κ3) is 10.4. The number of piperidine rings is 1. The highest BCUT2D eigenvalue weighted by atomic mass is 19.1. The Kier molecular flexibility index (Phi) is 11.1. The molecule has 292 valence electrons. The summed E-state index contributed by atoms with van der Waals surface area (Å²) in [6.45, 7) is 17.4. The van der Waals surface area contributed by atoms with Crippen molar-refractivity contribution >= 4 is 24.2 Å². The van der Waals surface area contributed by atoms with Crippen LogP contribution in [0.5, 0.6) is 5.75 Å². The minimum atomic E-state index is -0.934. The lowest BCUT2D eigenvalue weighted by Gasteiger charge is -2.40. The molecule has 15 heteroatoms. The van der Waals surface area contributed by atoms with Gasteiger partial charge in [0.2, 0.25) is 5.91 Å². The summed E-state index contributed by atoms with van der Waals surface area (Å²) in [5.74, 6) is -2.77. The first kappa shape index (κ1) is 39.8. The molecule has 53 heavy (non-hydrogen) atoms. The zero-order valence-corrected chi connectivity index (χ0v) is 32.3. The minimum absolute atomic E-state index is 0.105. The van der Waals surface area contributed by atoms with Gasteiger partial charge in [0.1, 0.15) is 41.5 Å². The van der Waals surface area contributed by atoms with E-state index in [0.717, 1.165) is 11.1 Å². The number of benzene rings is 1. The quantitative estimate of drug-likeness (QED) is 0.279. The number of nitrogens with zero attached hydrogens (tertiary/aromatic N) is 5. The van der Waals surface area contributed by atoms with Crippen LogP contribution in [-0.2, 0) is 25.6 Å². The van der Waals surface area contributed by atoms with E-state index in [1.807, 2.05) is 20.8 Å². The maximum absolute atomic E-state index is 15.3. The maximum atomic E-state index is 15.3. The van der Waals surface area contributed by atoms with Gasteiger partial charge in [-0.05, 0) is 106 Å². The molecule has 13 nitrogen and oxygen atoms in total. The van der Waals surface area contributed by atoms with Gasteiger partial charge in [-0.3, -0.25) is 9.69 Å². The van der Waals surface area contributed by atoms with Crippen LogP contribution in [0.3, 0.4) is 0 Å². The van der Waals surface area contributed by atoms with Gasteiger partial charge in [0.25, 0.3) is 0 Å². The van der Waals surface area contributed by atoms with Crippen LogP contribution in [0.2, 0.25) is 0 Å². The molecular weight excluding hydrogens is 692 g/mol. The second-order valence-electron chi connectivity index (χ2n) is 17.4. The molecule has 3 aliphatic rings. The van der Waals surface area contributed by atoms with E-state index in [9.17, 15) is 23.6 Å². The van der Waals surface area contributed by atoms with Gasteiger partial charge < -0.3 is 28.7 Å². The predicted octanol–water partition coefficient (Wildman–Crippen LogP) is 6.87. The summed E-state index contributed by atoms with van der Waals surface area (Å²) in [5.41, 5.74) is -1.77. The third-order valence-electron chi connectivity index (χ3n) is 9.38.